The summed E-state index contributed by atoms with van der Waals surface area (Å²) < 4.78 is 10.0. The van der Waals surface area contributed by atoms with Crippen molar-refractivity contribution in [2.24, 2.45) is 0 Å². The third-order valence-electron chi connectivity index (χ3n) is 2.29. The molecule has 0 radical (unpaired) electrons. The summed E-state index contributed by atoms with van der Waals surface area (Å²) >= 11 is 5.84. The second-order valence-corrected chi connectivity index (χ2v) is 4.19. The molecule has 2 N–H and O–H groups in total. The molecule has 0 aliphatic rings. The van der Waals surface area contributed by atoms with Crippen LogP contribution in [0.4, 0.5) is 5.69 Å². The Morgan fingerprint density at radius 3 is 2.80 bits per heavy atom. The predicted molar refractivity (Wildman–Crippen MR) is 71.2 cm³/mol. The highest BCUT2D eigenvalue weighted by Crippen LogP contribution is 2.28. The Labute approximate surface area is 118 Å². The number of benzene rings is 1. The molecule has 0 saturated heterocycles. The van der Waals surface area contributed by atoms with Gasteiger partial charge in [-0.25, -0.2) is 4.79 Å². The Hall–Kier alpha value is -2.47. The summed E-state index contributed by atoms with van der Waals surface area (Å²) in [6, 6.07) is 7.54. The van der Waals surface area contributed by atoms with Crippen molar-refractivity contribution in [2.75, 3.05) is 11.9 Å². The van der Waals surface area contributed by atoms with Crippen LogP contribution in [0.15, 0.2) is 41.0 Å². The summed E-state index contributed by atoms with van der Waals surface area (Å²) in [5.74, 6) is -1.29. The van der Waals surface area contributed by atoms with Crippen LogP contribution in [0.25, 0.3) is 0 Å². The van der Waals surface area contributed by atoms with Crippen molar-refractivity contribution in [2.45, 2.75) is 0 Å². The lowest BCUT2D eigenvalue weighted by molar-refractivity contribution is -0.139. The van der Waals surface area contributed by atoms with Crippen LogP contribution in [0, 0.1) is 0 Å². The number of aliphatic carboxylic acids is 1. The molecule has 1 heterocycles. The molecule has 0 atom stereocenters. The van der Waals surface area contributed by atoms with Crippen LogP contribution in [0.1, 0.15) is 10.6 Å². The SMILES string of the molecule is O=C(O)COc1ccc(Cl)cc1NC(=O)c1ccco1. The van der Waals surface area contributed by atoms with E-state index in [0.29, 0.717) is 5.02 Å². The van der Waals surface area contributed by atoms with Gasteiger partial charge in [0.15, 0.2) is 12.4 Å². The van der Waals surface area contributed by atoms with Crippen LogP contribution in [0.2, 0.25) is 5.02 Å². The van der Waals surface area contributed by atoms with Gasteiger partial charge in [-0.15, -0.1) is 0 Å². The van der Waals surface area contributed by atoms with Gasteiger partial charge < -0.3 is 19.6 Å². The van der Waals surface area contributed by atoms with Gasteiger partial charge in [0.25, 0.3) is 5.91 Å². The maximum atomic E-state index is 11.9. The number of hydrogen-bond donors (Lipinski definition) is 2. The Balaban J connectivity index is 2.18. The summed E-state index contributed by atoms with van der Waals surface area (Å²) in [5.41, 5.74) is 0.264. The van der Waals surface area contributed by atoms with Crippen LogP contribution >= 0.6 is 11.6 Å². The zero-order valence-electron chi connectivity index (χ0n) is 10.1. The number of rotatable bonds is 5. The van der Waals surface area contributed by atoms with Gasteiger partial charge in [-0.1, -0.05) is 11.6 Å². The molecule has 7 heteroatoms. The number of carbonyl (C=O) groups excluding carboxylic acids is 1. The minimum Gasteiger partial charge on any atom is -0.480 e. The van der Waals surface area contributed by atoms with Crippen molar-refractivity contribution in [1.29, 1.82) is 0 Å². The van der Waals surface area contributed by atoms with Gasteiger partial charge in [-0.05, 0) is 30.3 Å². The molecule has 0 bridgehead atoms. The monoisotopic (exact) mass is 295 g/mol. The fourth-order valence-electron chi connectivity index (χ4n) is 1.46. The first-order valence-corrected chi connectivity index (χ1v) is 5.93. The molecule has 104 valence electrons. The fourth-order valence-corrected chi connectivity index (χ4v) is 1.63. The molecule has 0 spiro atoms. The lowest BCUT2D eigenvalue weighted by Crippen LogP contribution is -2.14. The minimum absolute atomic E-state index is 0.120. The number of amides is 1. The molecule has 1 amide bonds. The summed E-state index contributed by atoms with van der Waals surface area (Å²) in [6.07, 6.45) is 1.37. The number of carboxylic acid groups (broad SMARTS) is 1. The van der Waals surface area contributed by atoms with E-state index in [9.17, 15) is 9.59 Å². The lowest BCUT2D eigenvalue weighted by Gasteiger charge is -2.11. The second-order valence-electron chi connectivity index (χ2n) is 3.75. The molecule has 0 unspecified atom stereocenters. The minimum atomic E-state index is -1.12. The summed E-state index contributed by atoms with van der Waals surface area (Å²) in [7, 11) is 0. The maximum Gasteiger partial charge on any atom is 0.341 e. The number of halogens is 1. The van der Waals surface area contributed by atoms with E-state index in [2.05, 4.69) is 5.32 Å². The van der Waals surface area contributed by atoms with Gasteiger partial charge in [0, 0.05) is 5.02 Å². The number of carboxylic acids is 1. The van der Waals surface area contributed by atoms with Gasteiger partial charge in [0.1, 0.15) is 5.75 Å². The second kappa shape index (κ2) is 6.12. The Morgan fingerprint density at radius 2 is 2.15 bits per heavy atom. The number of carbonyl (C=O) groups is 2. The van der Waals surface area contributed by atoms with E-state index in [0.717, 1.165) is 0 Å². The van der Waals surface area contributed by atoms with Gasteiger partial charge in [0.05, 0.1) is 12.0 Å². The highest BCUT2D eigenvalue weighted by atomic mass is 35.5. The van der Waals surface area contributed by atoms with Crippen molar-refractivity contribution >= 4 is 29.2 Å². The first-order chi connectivity index (χ1) is 9.56. The number of ether oxygens (including phenoxy) is 1. The summed E-state index contributed by atoms with van der Waals surface area (Å²) in [4.78, 5) is 22.4. The van der Waals surface area contributed by atoms with Gasteiger partial charge in [-0.2, -0.15) is 0 Å². The highest BCUT2D eigenvalue weighted by Gasteiger charge is 2.13. The van der Waals surface area contributed by atoms with Crippen molar-refractivity contribution in [3.05, 3.63) is 47.4 Å². The molecule has 6 nitrogen and oxygen atoms in total. The van der Waals surface area contributed by atoms with E-state index in [1.807, 2.05) is 0 Å². The molecule has 2 rings (SSSR count). The molecule has 0 aliphatic heterocycles. The summed E-state index contributed by atoms with van der Waals surface area (Å²) in [6.45, 7) is -0.523. The molecule has 1 aromatic heterocycles. The summed E-state index contributed by atoms with van der Waals surface area (Å²) in [5, 5.41) is 11.5. The van der Waals surface area contributed by atoms with Crippen LogP contribution in [-0.4, -0.2) is 23.6 Å². The van der Waals surface area contributed by atoms with E-state index < -0.39 is 18.5 Å². The van der Waals surface area contributed by atoms with E-state index in [1.54, 1.807) is 6.07 Å². The van der Waals surface area contributed by atoms with E-state index >= 15 is 0 Å². The lowest BCUT2D eigenvalue weighted by atomic mass is 10.2. The first kappa shape index (κ1) is 14.0. The van der Waals surface area contributed by atoms with Crippen LogP contribution in [0.5, 0.6) is 5.75 Å². The van der Waals surface area contributed by atoms with Crippen molar-refractivity contribution in [3.63, 3.8) is 0 Å². The van der Waals surface area contributed by atoms with E-state index in [1.165, 1.54) is 30.5 Å². The highest BCUT2D eigenvalue weighted by molar-refractivity contribution is 6.31. The smallest absolute Gasteiger partial charge is 0.341 e. The molecule has 0 saturated carbocycles. The van der Waals surface area contributed by atoms with Crippen LogP contribution < -0.4 is 10.1 Å². The number of hydrogen-bond acceptors (Lipinski definition) is 4. The molecule has 2 aromatic rings. The standard InChI is InChI=1S/C13H10ClNO5/c14-8-3-4-10(20-7-12(16)17)9(6-8)15-13(18)11-2-1-5-19-11/h1-6H,7H2,(H,15,18)(H,16,17). The Morgan fingerprint density at radius 1 is 1.35 bits per heavy atom. The fraction of sp³-hybridized carbons (Fsp3) is 0.0769. The Bertz CT molecular complexity index is 624. The third-order valence-corrected chi connectivity index (χ3v) is 2.52. The van der Waals surface area contributed by atoms with Crippen LogP contribution in [-0.2, 0) is 4.79 Å². The largest absolute Gasteiger partial charge is 0.480 e. The molecular formula is C13H10ClNO5. The first-order valence-electron chi connectivity index (χ1n) is 5.55. The predicted octanol–water partition coefficient (Wildman–Crippen LogP) is 2.65. The maximum absolute atomic E-state index is 11.9. The molecule has 1 aromatic carbocycles. The average molecular weight is 296 g/mol. The zero-order chi connectivity index (χ0) is 14.5. The van der Waals surface area contributed by atoms with Gasteiger partial charge in [0.2, 0.25) is 0 Å². The average Bonchev–Trinajstić information content (AvgIpc) is 2.91. The van der Waals surface area contributed by atoms with Crippen molar-refractivity contribution < 1.29 is 23.8 Å². The third kappa shape index (κ3) is 3.52. The molecule has 20 heavy (non-hydrogen) atoms. The quantitative estimate of drug-likeness (QED) is 0.885. The topological polar surface area (TPSA) is 88.8 Å². The molecule has 0 fully saturated rings. The number of nitrogens with one attached hydrogen (secondary N) is 1. The number of anilines is 1. The van der Waals surface area contributed by atoms with Gasteiger partial charge in [-0.3, -0.25) is 4.79 Å². The van der Waals surface area contributed by atoms with Crippen LogP contribution in [0.3, 0.4) is 0 Å². The van der Waals surface area contributed by atoms with E-state index in [4.69, 9.17) is 25.9 Å². The zero-order valence-corrected chi connectivity index (χ0v) is 10.9. The van der Waals surface area contributed by atoms with Crippen molar-refractivity contribution in [1.82, 2.24) is 0 Å². The van der Waals surface area contributed by atoms with E-state index in [-0.39, 0.29) is 17.2 Å². The molecular weight excluding hydrogens is 286 g/mol. The number of furan rings is 1. The normalized spacial score (nSPS) is 10.1. The van der Waals surface area contributed by atoms with Gasteiger partial charge >= 0.3 is 5.97 Å². The Kier molecular flexibility index (Phi) is 4.27. The van der Waals surface area contributed by atoms with Crippen molar-refractivity contribution in [3.8, 4) is 5.75 Å². The molecule has 0 aliphatic carbocycles.